The lowest BCUT2D eigenvalue weighted by atomic mass is 10.1. The maximum atomic E-state index is 12.1. The molecule has 2 aromatic rings. The third-order valence-corrected chi connectivity index (χ3v) is 3.73. The van der Waals surface area contributed by atoms with E-state index in [-0.39, 0.29) is 18.2 Å². The van der Waals surface area contributed by atoms with Crippen molar-refractivity contribution in [3.63, 3.8) is 0 Å². The van der Waals surface area contributed by atoms with E-state index < -0.39 is 6.61 Å². The van der Waals surface area contributed by atoms with Gasteiger partial charge in [-0.15, -0.1) is 0 Å². The third kappa shape index (κ3) is 6.76. The second-order valence-corrected chi connectivity index (χ2v) is 5.73. The molecule has 0 aliphatic heterocycles. The first kappa shape index (κ1) is 21.0. The van der Waals surface area contributed by atoms with Crippen LogP contribution in [-0.4, -0.2) is 32.2 Å². The first-order chi connectivity index (χ1) is 13.5. The van der Waals surface area contributed by atoms with Gasteiger partial charge in [0, 0.05) is 6.54 Å². The quantitative estimate of drug-likeness (QED) is 0.651. The molecule has 0 atom stereocenters. The van der Waals surface area contributed by atoms with Gasteiger partial charge in [-0.25, -0.2) is 0 Å². The lowest BCUT2D eigenvalue weighted by molar-refractivity contribution is -0.119. The Balaban J connectivity index is 1.79. The molecule has 6 nitrogen and oxygen atoms in total. The fourth-order valence-corrected chi connectivity index (χ4v) is 2.44. The van der Waals surface area contributed by atoms with E-state index in [4.69, 9.17) is 10.00 Å². The van der Waals surface area contributed by atoms with Gasteiger partial charge in [0.1, 0.15) is 11.5 Å². The monoisotopic (exact) mass is 389 g/mol. The summed E-state index contributed by atoms with van der Waals surface area (Å²) in [6.45, 7) is -0.119. The Kier molecular flexibility index (Phi) is 8.03. The molecule has 0 aromatic heterocycles. The normalized spacial score (nSPS) is 10.2. The van der Waals surface area contributed by atoms with Gasteiger partial charge in [-0.05, 0) is 49.2 Å². The predicted molar refractivity (Wildman–Crippen MR) is 101 cm³/mol. The molecule has 0 heterocycles. The predicted octanol–water partition coefficient (Wildman–Crippen LogP) is 3.33. The smallest absolute Gasteiger partial charge is 0.387 e. The minimum absolute atomic E-state index is 0.0239. The fraction of sp³-hybridized carbons (Fsp3) is 0.300. The summed E-state index contributed by atoms with van der Waals surface area (Å²) in [7, 11) is 0. The Bertz CT molecular complexity index is 820. The summed E-state index contributed by atoms with van der Waals surface area (Å²) >= 11 is 0. The summed E-state index contributed by atoms with van der Waals surface area (Å²) in [4.78, 5) is 12.0. The molecule has 2 rings (SSSR count). The van der Waals surface area contributed by atoms with Gasteiger partial charge < -0.3 is 20.1 Å². The molecule has 2 N–H and O–H groups in total. The molecule has 148 valence electrons. The minimum atomic E-state index is -2.85. The van der Waals surface area contributed by atoms with E-state index in [1.807, 2.05) is 13.0 Å². The van der Waals surface area contributed by atoms with Crippen molar-refractivity contribution < 1.29 is 23.0 Å². The molecule has 0 radical (unpaired) electrons. The summed E-state index contributed by atoms with van der Waals surface area (Å²) in [5, 5.41) is 14.7. The van der Waals surface area contributed by atoms with Crippen LogP contribution in [0.5, 0.6) is 11.5 Å². The van der Waals surface area contributed by atoms with Crippen molar-refractivity contribution in [3.8, 4) is 17.6 Å². The molecule has 0 saturated heterocycles. The number of hydrogen-bond acceptors (Lipinski definition) is 5. The zero-order valence-electron chi connectivity index (χ0n) is 15.4. The van der Waals surface area contributed by atoms with Crippen molar-refractivity contribution in [2.45, 2.75) is 20.0 Å². The van der Waals surface area contributed by atoms with Gasteiger partial charge in [0.05, 0.1) is 30.5 Å². The second-order valence-electron chi connectivity index (χ2n) is 5.73. The summed E-state index contributed by atoms with van der Waals surface area (Å²) < 4.78 is 34.0. The number of nitriles is 1. The SMILES string of the molecule is CCOc1ccc(C#N)cc1NCC(=O)NCCc1ccc(OC(F)F)cc1. The van der Waals surface area contributed by atoms with Crippen LogP contribution in [0, 0.1) is 11.3 Å². The van der Waals surface area contributed by atoms with Crippen LogP contribution in [0.1, 0.15) is 18.1 Å². The molecule has 0 saturated carbocycles. The Morgan fingerprint density at radius 3 is 2.61 bits per heavy atom. The zero-order valence-corrected chi connectivity index (χ0v) is 15.4. The van der Waals surface area contributed by atoms with Crippen LogP contribution in [0.4, 0.5) is 14.5 Å². The molecular weight excluding hydrogens is 368 g/mol. The van der Waals surface area contributed by atoms with Gasteiger partial charge >= 0.3 is 6.61 Å². The van der Waals surface area contributed by atoms with Gasteiger partial charge in [0.15, 0.2) is 0 Å². The van der Waals surface area contributed by atoms with Crippen LogP contribution < -0.4 is 20.1 Å². The number of anilines is 1. The number of hydrogen-bond donors (Lipinski definition) is 2. The average Bonchev–Trinajstić information content (AvgIpc) is 2.68. The molecule has 0 unspecified atom stereocenters. The van der Waals surface area contributed by atoms with Crippen LogP contribution >= 0.6 is 0 Å². The van der Waals surface area contributed by atoms with Crippen LogP contribution in [-0.2, 0) is 11.2 Å². The van der Waals surface area contributed by atoms with E-state index >= 15 is 0 Å². The second kappa shape index (κ2) is 10.7. The van der Waals surface area contributed by atoms with Crippen LogP contribution in [0.25, 0.3) is 0 Å². The van der Waals surface area contributed by atoms with Crippen LogP contribution in [0.15, 0.2) is 42.5 Å². The number of nitrogens with zero attached hydrogens (tertiary/aromatic N) is 1. The molecule has 0 fully saturated rings. The lowest BCUT2D eigenvalue weighted by Gasteiger charge is -2.13. The van der Waals surface area contributed by atoms with Crippen molar-refractivity contribution in [2.24, 2.45) is 0 Å². The van der Waals surface area contributed by atoms with E-state index in [1.165, 1.54) is 12.1 Å². The number of rotatable bonds is 10. The highest BCUT2D eigenvalue weighted by atomic mass is 19.3. The van der Waals surface area contributed by atoms with E-state index in [0.717, 1.165) is 5.56 Å². The summed E-state index contributed by atoms with van der Waals surface area (Å²) in [5.74, 6) is 0.444. The summed E-state index contributed by atoms with van der Waals surface area (Å²) in [5.41, 5.74) is 1.92. The van der Waals surface area contributed by atoms with Gasteiger partial charge in [-0.2, -0.15) is 14.0 Å². The van der Waals surface area contributed by atoms with Crippen molar-refractivity contribution in [1.29, 1.82) is 5.26 Å². The number of carbonyl (C=O) groups excluding carboxylic acids is 1. The standard InChI is InChI=1S/C20H21F2N3O3/c1-2-27-18-8-5-15(12-23)11-17(18)25-13-19(26)24-10-9-14-3-6-16(7-4-14)28-20(21)22/h3-8,11,20,25H,2,9-10,13H2,1H3,(H,24,26). The Morgan fingerprint density at radius 1 is 1.21 bits per heavy atom. The molecular formula is C20H21F2N3O3. The average molecular weight is 389 g/mol. The van der Waals surface area contributed by atoms with Gasteiger partial charge in [0.2, 0.25) is 5.91 Å². The third-order valence-electron chi connectivity index (χ3n) is 3.73. The number of amides is 1. The summed E-state index contributed by atoms with van der Waals surface area (Å²) in [6, 6.07) is 13.3. The summed E-state index contributed by atoms with van der Waals surface area (Å²) in [6.07, 6.45) is 0.550. The number of alkyl halides is 2. The molecule has 8 heteroatoms. The van der Waals surface area contributed by atoms with E-state index in [2.05, 4.69) is 15.4 Å². The number of ether oxygens (including phenoxy) is 2. The number of carbonyl (C=O) groups is 1. The highest BCUT2D eigenvalue weighted by Crippen LogP contribution is 2.25. The van der Waals surface area contributed by atoms with Crippen molar-refractivity contribution >= 4 is 11.6 Å². The largest absolute Gasteiger partial charge is 0.492 e. The molecule has 0 aliphatic rings. The van der Waals surface area contributed by atoms with Gasteiger partial charge in [-0.1, -0.05) is 12.1 Å². The minimum Gasteiger partial charge on any atom is -0.492 e. The maximum Gasteiger partial charge on any atom is 0.387 e. The molecule has 28 heavy (non-hydrogen) atoms. The zero-order chi connectivity index (χ0) is 20.4. The molecule has 1 amide bonds. The highest BCUT2D eigenvalue weighted by molar-refractivity contribution is 5.81. The van der Waals surface area contributed by atoms with Crippen molar-refractivity contribution in [3.05, 3.63) is 53.6 Å². The van der Waals surface area contributed by atoms with Gasteiger partial charge in [0.25, 0.3) is 0 Å². The first-order valence-electron chi connectivity index (χ1n) is 8.73. The molecule has 0 bridgehead atoms. The van der Waals surface area contributed by atoms with Crippen LogP contribution in [0.2, 0.25) is 0 Å². The first-order valence-corrected chi connectivity index (χ1v) is 8.73. The Morgan fingerprint density at radius 2 is 1.96 bits per heavy atom. The molecule has 2 aromatic carbocycles. The van der Waals surface area contributed by atoms with E-state index in [9.17, 15) is 13.6 Å². The van der Waals surface area contributed by atoms with Crippen LogP contribution in [0.3, 0.4) is 0 Å². The van der Waals surface area contributed by atoms with Crippen molar-refractivity contribution in [1.82, 2.24) is 5.32 Å². The van der Waals surface area contributed by atoms with Gasteiger partial charge in [-0.3, -0.25) is 4.79 Å². The Labute approximate surface area is 162 Å². The maximum absolute atomic E-state index is 12.1. The van der Waals surface area contributed by atoms with E-state index in [1.54, 1.807) is 30.3 Å². The Hall–Kier alpha value is -3.34. The highest BCUT2D eigenvalue weighted by Gasteiger charge is 2.08. The molecule has 0 spiro atoms. The van der Waals surface area contributed by atoms with E-state index in [0.29, 0.717) is 36.6 Å². The lowest BCUT2D eigenvalue weighted by Crippen LogP contribution is -2.31. The number of nitrogens with one attached hydrogen (secondary N) is 2. The fourth-order valence-electron chi connectivity index (χ4n) is 2.44. The topological polar surface area (TPSA) is 83.4 Å². The van der Waals surface area contributed by atoms with Crippen molar-refractivity contribution in [2.75, 3.05) is 25.0 Å². The number of benzene rings is 2. The number of halogens is 2. The molecule has 0 aliphatic carbocycles.